The molecule has 0 aliphatic rings. The molecule has 0 unspecified atom stereocenters. The smallest absolute Gasteiger partial charge is 0.169 e. The maximum absolute atomic E-state index is 10.3. The summed E-state index contributed by atoms with van der Waals surface area (Å²) in [4.78, 5) is 0. The van der Waals surface area contributed by atoms with E-state index in [0.717, 1.165) is 44.3 Å². The summed E-state index contributed by atoms with van der Waals surface area (Å²) in [6, 6.07) is 39.9. The zero-order chi connectivity index (χ0) is 25.9. The lowest BCUT2D eigenvalue weighted by Crippen LogP contribution is -1.88. The van der Waals surface area contributed by atoms with Gasteiger partial charge in [0.25, 0.3) is 0 Å². The molecular formula is C35H26O3. The van der Waals surface area contributed by atoms with Crippen molar-refractivity contribution in [3.8, 4) is 28.7 Å². The first-order valence-corrected chi connectivity index (χ1v) is 12.6. The third kappa shape index (κ3) is 5.09. The van der Waals surface area contributed by atoms with Crippen molar-refractivity contribution < 1.29 is 14.6 Å². The predicted octanol–water partition coefficient (Wildman–Crippen LogP) is 9.76. The molecule has 6 aromatic carbocycles. The fourth-order valence-corrected chi connectivity index (χ4v) is 4.47. The van der Waals surface area contributed by atoms with Crippen molar-refractivity contribution in [2.24, 2.45) is 0 Å². The van der Waals surface area contributed by atoms with Crippen LogP contribution in [0.15, 0.2) is 121 Å². The molecule has 0 aliphatic carbocycles. The molecule has 0 atom stereocenters. The van der Waals surface area contributed by atoms with Crippen molar-refractivity contribution in [1.29, 1.82) is 0 Å². The Kier molecular flexibility index (Phi) is 6.25. The number of fused-ring (bicyclic) bond motifs is 2. The molecule has 0 saturated heterocycles. The largest absolute Gasteiger partial charge is 0.504 e. The van der Waals surface area contributed by atoms with Crippen LogP contribution < -0.4 is 9.47 Å². The molecule has 0 heterocycles. The third-order valence-corrected chi connectivity index (χ3v) is 6.55. The average molecular weight is 495 g/mol. The maximum Gasteiger partial charge on any atom is 0.169 e. The second-order valence-corrected chi connectivity index (χ2v) is 9.31. The van der Waals surface area contributed by atoms with Gasteiger partial charge in [-0.1, -0.05) is 84.9 Å². The van der Waals surface area contributed by atoms with Crippen LogP contribution in [0.3, 0.4) is 0 Å². The summed E-state index contributed by atoms with van der Waals surface area (Å²) in [6.07, 6.45) is 4.12. The minimum absolute atomic E-state index is 0.121. The highest BCUT2D eigenvalue weighted by Crippen LogP contribution is 2.35. The molecule has 0 radical (unpaired) electrons. The summed E-state index contributed by atoms with van der Waals surface area (Å²) in [5, 5.41) is 14.7. The van der Waals surface area contributed by atoms with Gasteiger partial charge >= 0.3 is 0 Å². The summed E-state index contributed by atoms with van der Waals surface area (Å²) in [5.74, 6) is 2.90. The van der Waals surface area contributed by atoms with Crippen molar-refractivity contribution in [2.75, 3.05) is 0 Å². The van der Waals surface area contributed by atoms with Crippen LogP contribution >= 0.6 is 0 Å². The number of hydrogen-bond acceptors (Lipinski definition) is 3. The predicted molar refractivity (Wildman–Crippen MR) is 156 cm³/mol. The Labute approximate surface area is 221 Å². The van der Waals surface area contributed by atoms with Crippen molar-refractivity contribution >= 4 is 33.7 Å². The summed E-state index contributed by atoms with van der Waals surface area (Å²) in [7, 11) is 0. The quantitative estimate of drug-likeness (QED) is 0.234. The van der Waals surface area contributed by atoms with Crippen molar-refractivity contribution in [1.82, 2.24) is 0 Å². The molecule has 6 rings (SSSR count). The second-order valence-electron chi connectivity index (χ2n) is 9.31. The van der Waals surface area contributed by atoms with Gasteiger partial charge in [0.15, 0.2) is 11.5 Å². The van der Waals surface area contributed by atoms with E-state index in [0.29, 0.717) is 11.5 Å². The SMILES string of the molecule is Cc1cc2ccccc2cc1Oc1ccc(/C=C/c2ccc(Oc3cc4ccccc4cc3O)cc2)cc1. The number of ether oxygens (including phenoxy) is 2. The standard InChI is InChI=1S/C35H26O3/c1-24-20-27-6-2-4-8-29(27)22-34(24)37-31-16-12-25(13-17-31)10-11-26-14-18-32(19-15-26)38-35-23-30-9-5-3-7-28(30)21-33(35)36/h2-23,36H,1H3/b11-10+. The van der Waals surface area contributed by atoms with E-state index in [2.05, 4.69) is 49.4 Å². The van der Waals surface area contributed by atoms with Gasteiger partial charge in [-0.3, -0.25) is 0 Å². The highest BCUT2D eigenvalue weighted by Gasteiger charge is 2.07. The molecule has 3 nitrogen and oxygen atoms in total. The maximum atomic E-state index is 10.3. The van der Waals surface area contributed by atoms with Gasteiger partial charge in [-0.25, -0.2) is 0 Å². The molecule has 38 heavy (non-hydrogen) atoms. The summed E-state index contributed by atoms with van der Waals surface area (Å²) in [5.41, 5.74) is 3.23. The Morgan fingerprint density at radius 1 is 0.500 bits per heavy atom. The van der Waals surface area contributed by atoms with Crippen LogP contribution in [0.5, 0.6) is 28.7 Å². The van der Waals surface area contributed by atoms with Crippen LogP contribution in [0.1, 0.15) is 16.7 Å². The van der Waals surface area contributed by atoms with Crippen LogP contribution in [-0.4, -0.2) is 5.11 Å². The molecule has 0 aliphatic heterocycles. The van der Waals surface area contributed by atoms with E-state index < -0.39 is 0 Å². The van der Waals surface area contributed by atoms with E-state index in [9.17, 15) is 5.11 Å². The van der Waals surface area contributed by atoms with Gasteiger partial charge in [0.05, 0.1) is 0 Å². The lowest BCUT2D eigenvalue weighted by Gasteiger charge is -2.10. The Morgan fingerprint density at radius 2 is 0.921 bits per heavy atom. The van der Waals surface area contributed by atoms with Gasteiger partial charge in [-0.15, -0.1) is 0 Å². The topological polar surface area (TPSA) is 38.7 Å². The molecule has 3 heteroatoms. The van der Waals surface area contributed by atoms with Gasteiger partial charge in [0.1, 0.15) is 17.2 Å². The minimum atomic E-state index is 0.121. The van der Waals surface area contributed by atoms with E-state index in [1.54, 1.807) is 6.07 Å². The molecule has 0 spiro atoms. The molecule has 0 fully saturated rings. The highest BCUT2D eigenvalue weighted by molar-refractivity contribution is 5.86. The minimum Gasteiger partial charge on any atom is -0.504 e. The molecule has 184 valence electrons. The van der Waals surface area contributed by atoms with Gasteiger partial charge in [0.2, 0.25) is 0 Å². The molecule has 0 bridgehead atoms. The first kappa shape index (κ1) is 23.4. The van der Waals surface area contributed by atoms with Crippen molar-refractivity contribution in [2.45, 2.75) is 6.92 Å². The Morgan fingerprint density at radius 3 is 1.45 bits per heavy atom. The number of aromatic hydroxyl groups is 1. The van der Waals surface area contributed by atoms with Crippen molar-refractivity contribution in [3.05, 3.63) is 138 Å². The highest BCUT2D eigenvalue weighted by atomic mass is 16.5. The van der Waals surface area contributed by atoms with Crippen LogP contribution in [0.4, 0.5) is 0 Å². The van der Waals surface area contributed by atoms with Crippen LogP contribution in [0, 0.1) is 6.92 Å². The van der Waals surface area contributed by atoms with E-state index in [4.69, 9.17) is 9.47 Å². The molecule has 1 N–H and O–H groups in total. The normalized spacial score (nSPS) is 11.3. The summed E-state index contributed by atoms with van der Waals surface area (Å²) >= 11 is 0. The van der Waals surface area contributed by atoms with Gasteiger partial charge < -0.3 is 14.6 Å². The number of benzene rings is 6. The molecule has 0 aromatic heterocycles. The fourth-order valence-electron chi connectivity index (χ4n) is 4.47. The lowest BCUT2D eigenvalue weighted by molar-refractivity contribution is 0.412. The number of rotatable bonds is 6. The fraction of sp³-hybridized carbons (Fsp3) is 0.0286. The lowest BCUT2D eigenvalue weighted by atomic mass is 10.1. The van der Waals surface area contributed by atoms with E-state index in [1.807, 2.05) is 84.9 Å². The number of phenols is 1. The number of hydrogen-bond donors (Lipinski definition) is 1. The first-order valence-electron chi connectivity index (χ1n) is 12.6. The monoisotopic (exact) mass is 494 g/mol. The van der Waals surface area contributed by atoms with Crippen LogP contribution in [0.25, 0.3) is 33.7 Å². The van der Waals surface area contributed by atoms with Crippen LogP contribution in [0.2, 0.25) is 0 Å². The zero-order valence-corrected chi connectivity index (χ0v) is 21.0. The van der Waals surface area contributed by atoms with E-state index in [1.165, 1.54) is 5.39 Å². The Balaban J connectivity index is 1.11. The molecule has 6 aromatic rings. The van der Waals surface area contributed by atoms with E-state index in [-0.39, 0.29) is 5.75 Å². The average Bonchev–Trinajstić information content (AvgIpc) is 2.94. The molecule has 0 saturated carbocycles. The van der Waals surface area contributed by atoms with Gasteiger partial charge in [-0.05, 0) is 93.7 Å². The third-order valence-electron chi connectivity index (χ3n) is 6.55. The molecule has 0 amide bonds. The van der Waals surface area contributed by atoms with Gasteiger partial charge in [-0.2, -0.15) is 0 Å². The second kappa shape index (κ2) is 10.2. The zero-order valence-electron chi connectivity index (χ0n) is 21.0. The van der Waals surface area contributed by atoms with Crippen LogP contribution in [-0.2, 0) is 0 Å². The summed E-state index contributed by atoms with van der Waals surface area (Å²) < 4.78 is 12.1. The summed E-state index contributed by atoms with van der Waals surface area (Å²) in [6.45, 7) is 2.07. The van der Waals surface area contributed by atoms with Gasteiger partial charge in [0, 0.05) is 0 Å². The van der Waals surface area contributed by atoms with E-state index >= 15 is 0 Å². The first-order chi connectivity index (χ1) is 18.6. The molecular weight excluding hydrogens is 468 g/mol. The Hall–Kier alpha value is -5.02. The number of phenolic OH excluding ortho intramolecular Hbond substituents is 1. The van der Waals surface area contributed by atoms with Crippen molar-refractivity contribution in [3.63, 3.8) is 0 Å². The Bertz CT molecular complexity index is 1630. The number of aryl methyl sites for hydroxylation is 1.